The zero-order valence-electron chi connectivity index (χ0n) is 10.7. The van der Waals surface area contributed by atoms with Crippen LogP contribution in [0.3, 0.4) is 0 Å². The monoisotopic (exact) mass is 240 g/mol. The lowest BCUT2D eigenvalue weighted by Gasteiger charge is -2.28. The topological polar surface area (TPSA) is 52.6 Å². The van der Waals surface area contributed by atoms with Crippen molar-refractivity contribution < 1.29 is 9.90 Å². The maximum atomic E-state index is 12.5. The van der Waals surface area contributed by atoms with Crippen LogP contribution in [0.4, 0.5) is 0 Å². The van der Waals surface area contributed by atoms with Gasteiger partial charge in [-0.1, -0.05) is 6.92 Å². The van der Waals surface area contributed by atoms with Gasteiger partial charge in [0, 0.05) is 25.7 Å². The van der Waals surface area contributed by atoms with E-state index in [0.717, 1.165) is 45.3 Å². The third kappa shape index (κ3) is 2.80. The second-order valence-corrected chi connectivity index (χ2v) is 5.44. The summed E-state index contributed by atoms with van der Waals surface area (Å²) in [4.78, 5) is 14.5. The summed E-state index contributed by atoms with van der Waals surface area (Å²) in [5.74, 6) is 0.967. The number of carbonyl (C=O) groups excluding carboxylic acids is 1. The molecule has 2 fully saturated rings. The van der Waals surface area contributed by atoms with E-state index in [4.69, 9.17) is 5.11 Å². The highest BCUT2D eigenvalue weighted by molar-refractivity contribution is 5.80. The Bertz CT molecular complexity index is 270. The van der Waals surface area contributed by atoms with Gasteiger partial charge in [-0.2, -0.15) is 0 Å². The highest BCUT2D eigenvalue weighted by atomic mass is 16.3. The van der Waals surface area contributed by atoms with Gasteiger partial charge in [0.1, 0.15) is 0 Å². The van der Waals surface area contributed by atoms with Crippen LogP contribution >= 0.6 is 0 Å². The van der Waals surface area contributed by atoms with E-state index in [2.05, 4.69) is 17.1 Å². The molecule has 2 N–H and O–H groups in total. The van der Waals surface area contributed by atoms with E-state index >= 15 is 0 Å². The molecule has 4 nitrogen and oxygen atoms in total. The van der Waals surface area contributed by atoms with Crippen LogP contribution in [0.1, 0.15) is 32.6 Å². The largest absolute Gasteiger partial charge is 0.396 e. The minimum atomic E-state index is 0.171. The number of hydrogen-bond donors (Lipinski definition) is 2. The molecule has 3 atom stereocenters. The lowest BCUT2D eigenvalue weighted by molar-refractivity contribution is -0.137. The van der Waals surface area contributed by atoms with Crippen molar-refractivity contribution in [3.8, 4) is 0 Å². The molecule has 0 aromatic rings. The minimum Gasteiger partial charge on any atom is -0.396 e. The lowest BCUT2D eigenvalue weighted by atomic mass is 9.96. The molecule has 98 valence electrons. The number of carbonyl (C=O) groups is 1. The molecule has 0 saturated carbocycles. The molecule has 0 aromatic heterocycles. The summed E-state index contributed by atoms with van der Waals surface area (Å²) in [5.41, 5.74) is 0. The molecule has 0 aromatic carbocycles. The van der Waals surface area contributed by atoms with Gasteiger partial charge >= 0.3 is 0 Å². The zero-order chi connectivity index (χ0) is 12.3. The molecular formula is C13H24N2O2. The molecule has 0 radical (unpaired) electrons. The number of rotatable bonds is 4. The van der Waals surface area contributed by atoms with E-state index in [-0.39, 0.29) is 12.5 Å². The van der Waals surface area contributed by atoms with E-state index < -0.39 is 0 Å². The van der Waals surface area contributed by atoms with Crippen molar-refractivity contribution in [3.05, 3.63) is 0 Å². The van der Waals surface area contributed by atoms with Gasteiger partial charge in [0.2, 0.25) is 5.91 Å². The molecule has 2 aliphatic heterocycles. The third-order valence-electron chi connectivity index (χ3n) is 4.19. The van der Waals surface area contributed by atoms with Crippen molar-refractivity contribution in [3.63, 3.8) is 0 Å². The van der Waals surface area contributed by atoms with Gasteiger partial charge in [0.15, 0.2) is 0 Å². The zero-order valence-corrected chi connectivity index (χ0v) is 10.7. The molecular weight excluding hydrogens is 216 g/mol. The number of aliphatic hydroxyl groups excluding tert-OH is 1. The first kappa shape index (κ1) is 12.8. The normalized spacial score (nSPS) is 33.3. The van der Waals surface area contributed by atoms with E-state index in [9.17, 15) is 4.79 Å². The molecule has 2 heterocycles. The average molecular weight is 240 g/mol. The second-order valence-electron chi connectivity index (χ2n) is 5.44. The van der Waals surface area contributed by atoms with Gasteiger partial charge in [-0.25, -0.2) is 0 Å². The second kappa shape index (κ2) is 5.83. The molecule has 2 rings (SSSR count). The molecule has 1 unspecified atom stereocenters. The predicted molar refractivity (Wildman–Crippen MR) is 66.6 cm³/mol. The SMILES string of the molecule is C[C@@H]1CNC[C@H]1C(=O)N1CCCC1CCCO. The Morgan fingerprint density at radius 1 is 1.47 bits per heavy atom. The molecule has 0 aliphatic carbocycles. The number of amides is 1. The van der Waals surface area contributed by atoms with E-state index in [1.165, 1.54) is 0 Å². The first-order chi connectivity index (χ1) is 8.24. The van der Waals surface area contributed by atoms with Crippen molar-refractivity contribution in [2.75, 3.05) is 26.2 Å². The molecule has 2 saturated heterocycles. The van der Waals surface area contributed by atoms with E-state index in [1.54, 1.807) is 0 Å². The number of likely N-dealkylation sites (tertiary alicyclic amines) is 1. The van der Waals surface area contributed by atoms with E-state index in [0.29, 0.717) is 17.9 Å². The Kier molecular flexibility index (Phi) is 4.40. The van der Waals surface area contributed by atoms with Crippen molar-refractivity contribution in [1.29, 1.82) is 0 Å². The molecule has 0 bridgehead atoms. The summed E-state index contributed by atoms with van der Waals surface area (Å²) in [6.45, 7) is 5.11. The van der Waals surface area contributed by atoms with Gasteiger partial charge < -0.3 is 15.3 Å². The van der Waals surface area contributed by atoms with Crippen molar-refractivity contribution >= 4 is 5.91 Å². The number of nitrogens with zero attached hydrogens (tertiary/aromatic N) is 1. The Labute approximate surface area is 103 Å². The highest BCUT2D eigenvalue weighted by Crippen LogP contribution is 2.26. The fourth-order valence-electron chi connectivity index (χ4n) is 3.11. The molecule has 1 amide bonds. The fraction of sp³-hybridized carbons (Fsp3) is 0.923. The number of aliphatic hydroxyl groups is 1. The Morgan fingerprint density at radius 3 is 2.94 bits per heavy atom. The standard InChI is InChI=1S/C13H24N2O2/c1-10-8-14-9-12(10)13(17)15-6-2-4-11(15)5-3-7-16/h10-12,14,16H,2-9H2,1H3/t10-,11?,12-/m1/s1. The van der Waals surface area contributed by atoms with Gasteiger partial charge in [0.05, 0.1) is 5.92 Å². The van der Waals surface area contributed by atoms with Crippen LogP contribution in [0.15, 0.2) is 0 Å². The third-order valence-corrected chi connectivity index (χ3v) is 4.19. The van der Waals surface area contributed by atoms with Crippen LogP contribution < -0.4 is 5.32 Å². The van der Waals surface area contributed by atoms with Crippen LogP contribution in [0.2, 0.25) is 0 Å². The van der Waals surface area contributed by atoms with Crippen LogP contribution in [-0.4, -0.2) is 48.2 Å². The van der Waals surface area contributed by atoms with Gasteiger partial charge in [0.25, 0.3) is 0 Å². The van der Waals surface area contributed by atoms with Crippen molar-refractivity contribution in [1.82, 2.24) is 10.2 Å². The maximum Gasteiger partial charge on any atom is 0.227 e. The predicted octanol–water partition coefficient (Wildman–Crippen LogP) is 0.605. The minimum absolute atomic E-state index is 0.171. The summed E-state index contributed by atoms with van der Waals surface area (Å²) >= 11 is 0. The summed E-state index contributed by atoms with van der Waals surface area (Å²) in [6.07, 6.45) is 4.00. The Morgan fingerprint density at radius 2 is 2.29 bits per heavy atom. The lowest BCUT2D eigenvalue weighted by Crippen LogP contribution is -2.41. The Hall–Kier alpha value is -0.610. The highest BCUT2D eigenvalue weighted by Gasteiger charge is 2.37. The average Bonchev–Trinajstić information content (AvgIpc) is 2.94. The van der Waals surface area contributed by atoms with Crippen molar-refractivity contribution in [2.45, 2.75) is 38.6 Å². The van der Waals surface area contributed by atoms with Crippen LogP contribution in [0.5, 0.6) is 0 Å². The summed E-state index contributed by atoms with van der Waals surface area (Å²) < 4.78 is 0. The molecule has 4 heteroatoms. The quantitative estimate of drug-likeness (QED) is 0.757. The molecule has 17 heavy (non-hydrogen) atoms. The summed E-state index contributed by atoms with van der Waals surface area (Å²) in [6, 6.07) is 0.377. The number of nitrogens with one attached hydrogen (secondary N) is 1. The number of hydrogen-bond acceptors (Lipinski definition) is 3. The summed E-state index contributed by atoms with van der Waals surface area (Å²) in [5, 5.41) is 12.2. The first-order valence-corrected chi connectivity index (χ1v) is 6.86. The smallest absolute Gasteiger partial charge is 0.227 e. The van der Waals surface area contributed by atoms with Gasteiger partial charge in [-0.15, -0.1) is 0 Å². The Balaban J connectivity index is 1.93. The van der Waals surface area contributed by atoms with Gasteiger partial charge in [-0.05, 0) is 38.1 Å². The first-order valence-electron chi connectivity index (χ1n) is 6.86. The van der Waals surface area contributed by atoms with Crippen LogP contribution in [-0.2, 0) is 4.79 Å². The molecule has 2 aliphatic rings. The van der Waals surface area contributed by atoms with Crippen LogP contribution in [0, 0.1) is 11.8 Å². The van der Waals surface area contributed by atoms with Gasteiger partial charge in [-0.3, -0.25) is 4.79 Å². The summed E-state index contributed by atoms with van der Waals surface area (Å²) in [7, 11) is 0. The van der Waals surface area contributed by atoms with Crippen LogP contribution in [0.25, 0.3) is 0 Å². The molecule has 0 spiro atoms. The fourth-order valence-corrected chi connectivity index (χ4v) is 3.11. The van der Waals surface area contributed by atoms with E-state index in [1.807, 2.05) is 0 Å². The van der Waals surface area contributed by atoms with Crippen molar-refractivity contribution in [2.24, 2.45) is 11.8 Å². The maximum absolute atomic E-state index is 12.5.